The number of para-hydroxylation sites is 2. The van der Waals surface area contributed by atoms with Crippen molar-refractivity contribution < 1.29 is 4.79 Å². The first-order valence-electron chi connectivity index (χ1n) is 8.32. The number of fused-ring (bicyclic) bond motifs is 1. The van der Waals surface area contributed by atoms with Crippen molar-refractivity contribution in [2.24, 2.45) is 0 Å². The molecule has 6 heteroatoms. The molecule has 1 amide bonds. The number of nitrogens with zero attached hydrogens (tertiary/aromatic N) is 1. The maximum Gasteiger partial charge on any atom is 0.268 e. The number of imidazole rings is 1. The molecule has 0 bridgehead atoms. The van der Waals surface area contributed by atoms with Crippen molar-refractivity contribution in [1.82, 2.24) is 20.3 Å². The van der Waals surface area contributed by atoms with E-state index in [0.717, 1.165) is 22.4 Å². The van der Waals surface area contributed by atoms with Gasteiger partial charge in [-0.1, -0.05) is 54.1 Å². The average Bonchev–Trinajstić information content (AvgIpc) is 3.28. The molecular weight excluding hydrogens is 348 g/mol. The fraction of sp³-hybridized carbons (Fsp3) is 0.100. The predicted octanol–water partition coefficient (Wildman–Crippen LogP) is 4.26. The lowest BCUT2D eigenvalue weighted by molar-refractivity contribution is 0.0930. The summed E-state index contributed by atoms with van der Waals surface area (Å²) in [5, 5.41) is 3.55. The third kappa shape index (κ3) is 3.48. The van der Waals surface area contributed by atoms with Gasteiger partial charge in [-0.05, 0) is 30.2 Å². The Morgan fingerprint density at radius 2 is 1.88 bits per heavy atom. The molecule has 0 saturated carbocycles. The second-order valence-electron chi connectivity index (χ2n) is 6.09. The molecule has 5 nitrogen and oxygen atoms in total. The highest BCUT2D eigenvalue weighted by Crippen LogP contribution is 2.21. The van der Waals surface area contributed by atoms with E-state index in [4.69, 9.17) is 11.6 Å². The van der Waals surface area contributed by atoms with Crippen molar-refractivity contribution in [3.05, 3.63) is 89.0 Å². The highest BCUT2D eigenvalue weighted by Gasteiger charge is 2.20. The summed E-state index contributed by atoms with van der Waals surface area (Å²) in [5.41, 5.74) is 3.35. The number of aromatic amines is 2. The second-order valence-corrected chi connectivity index (χ2v) is 6.52. The molecule has 0 unspecified atom stereocenters. The summed E-state index contributed by atoms with van der Waals surface area (Å²) in [4.78, 5) is 23.5. The number of hydrogen-bond donors (Lipinski definition) is 3. The summed E-state index contributed by atoms with van der Waals surface area (Å²) in [7, 11) is 0. The molecule has 3 N–H and O–H groups in total. The van der Waals surface area contributed by atoms with Crippen molar-refractivity contribution in [3.8, 4) is 0 Å². The first-order valence-corrected chi connectivity index (χ1v) is 8.70. The molecule has 2 aromatic heterocycles. The fourth-order valence-corrected chi connectivity index (χ4v) is 3.10. The van der Waals surface area contributed by atoms with Crippen LogP contribution in [0.4, 0.5) is 0 Å². The largest absolute Gasteiger partial charge is 0.356 e. The van der Waals surface area contributed by atoms with Crippen LogP contribution in [0.15, 0.2) is 66.9 Å². The maximum atomic E-state index is 12.6. The van der Waals surface area contributed by atoms with Crippen LogP contribution in [-0.2, 0) is 6.42 Å². The van der Waals surface area contributed by atoms with E-state index in [1.807, 2.05) is 54.6 Å². The van der Waals surface area contributed by atoms with Gasteiger partial charge >= 0.3 is 0 Å². The highest BCUT2D eigenvalue weighted by atomic mass is 35.5. The molecule has 1 atom stereocenters. The lowest BCUT2D eigenvalue weighted by atomic mass is 10.1. The number of hydrogen-bond acceptors (Lipinski definition) is 2. The van der Waals surface area contributed by atoms with Gasteiger partial charge in [0.05, 0.1) is 22.1 Å². The minimum absolute atomic E-state index is 0.224. The number of aromatic nitrogens is 3. The van der Waals surface area contributed by atoms with Crippen molar-refractivity contribution >= 4 is 28.5 Å². The molecular formula is C20H17ClN4O. The molecule has 0 aliphatic heterocycles. The standard InChI is InChI=1S/C20H17ClN4O/c21-14-11-18(22-12-14)20(26)25-17(10-13-6-2-1-3-7-13)19-23-15-8-4-5-9-16(15)24-19/h1-9,11-12,17,22H,10H2,(H,23,24)(H,25,26)/t17-/m0/s1. The van der Waals surface area contributed by atoms with Crippen LogP contribution in [0, 0.1) is 0 Å². The van der Waals surface area contributed by atoms with Crippen LogP contribution in [0.25, 0.3) is 11.0 Å². The Hall–Kier alpha value is -3.05. The Morgan fingerprint density at radius 3 is 2.62 bits per heavy atom. The molecule has 2 heterocycles. The zero-order valence-corrected chi connectivity index (χ0v) is 14.6. The Kier molecular flexibility index (Phi) is 4.46. The second kappa shape index (κ2) is 7.06. The van der Waals surface area contributed by atoms with E-state index in [-0.39, 0.29) is 11.9 Å². The molecule has 0 fully saturated rings. The summed E-state index contributed by atoms with van der Waals surface area (Å²) in [6.07, 6.45) is 2.21. The van der Waals surface area contributed by atoms with Gasteiger partial charge in [0.15, 0.2) is 0 Å². The van der Waals surface area contributed by atoms with Gasteiger partial charge in [-0.3, -0.25) is 4.79 Å². The minimum Gasteiger partial charge on any atom is -0.356 e. The fourth-order valence-electron chi connectivity index (χ4n) is 2.94. The van der Waals surface area contributed by atoms with E-state index in [1.165, 1.54) is 0 Å². The van der Waals surface area contributed by atoms with Gasteiger partial charge in [0.25, 0.3) is 5.91 Å². The van der Waals surface area contributed by atoms with E-state index >= 15 is 0 Å². The minimum atomic E-state index is -0.292. The van der Waals surface area contributed by atoms with Crippen LogP contribution in [0.1, 0.15) is 27.9 Å². The van der Waals surface area contributed by atoms with E-state index in [0.29, 0.717) is 17.1 Å². The van der Waals surface area contributed by atoms with Crippen molar-refractivity contribution in [3.63, 3.8) is 0 Å². The van der Waals surface area contributed by atoms with Crippen LogP contribution >= 0.6 is 11.6 Å². The van der Waals surface area contributed by atoms with Crippen LogP contribution < -0.4 is 5.32 Å². The predicted molar refractivity (Wildman–Crippen MR) is 102 cm³/mol. The van der Waals surface area contributed by atoms with Crippen molar-refractivity contribution in [1.29, 1.82) is 0 Å². The van der Waals surface area contributed by atoms with Crippen LogP contribution in [0.2, 0.25) is 5.02 Å². The number of carbonyl (C=O) groups is 1. The van der Waals surface area contributed by atoms with Gasteiger partial charge in [0.2, 0.25) is 0 Å². The van der Waals surface area contributed by atoms with Crippen LogP contribution in [0.5, 0.6) is 0 Å². The summed E-state index contributed by atoms with van der Waals surface area (Å²) >= 11 is 5.91. The molecule has 0 radical (unpaired) electrons. The van der Waals surface area contributed by atoms with Gasteiger partial charge in [-0.2, -0.15) is 0 Å². The Morgan fingerprint density at radius 1 is 1.12 bits per heavy atom. The lowest BCUT2D eigenvalue weighted by Crippen LogP contribution is -2.31. The molecule has 26 heavy (non-hydrogen) atoms. The third-order valence-electron chi connectivity index (χ3n) is 4.22. The Balaban J connectivity index is 1.65. The van der Waals surface area contributed by atoms with Gasteiger partial charge in [0.1, 0.15) is 11.5 Å². The monoisotopic (exact) mass is 364 g/mol. The number of carbonyl (C=O) groups excluding carboxylic acids is 1. The number of rotatable bonds is 5. The van der Waals surface area contributed by atoms with E-state index < -0.39 is 0 Å². The first-order chi connectivity index (χ1) is 12.7. The first kappa shape index (κ1) is 16.4. The molecule has 0 aliphatic carbocycles. The lowest BCUT2D eigenvalue weighted by Gasteiger charge is -2.16. The van der Waals surface area contributed by atoms with Crippen LogP contribution in [0.3, 0.4) is 0 Å². The Bertz CT molecular complexity index is 1010. The normalized spacial score (nSPS) is 12.2. The van der Waals surface area contributed by atoms with E-state index in [2.05, 4.69) is 20.3 Å². The van der Waals surface area contributed by atoms with Gasteiger partial charge in [0, 0.05) is 6.20 Å². The molecule has 0 aliphatic rings. The summed E-state index contributed by atoms with van der Waals surface area (Å²) in [6, 6.07) is 19.1. The third-order valence-corrected chi connectivity index (χ3v) is 4.44. The SMILES string of the molecule is O=C(N[C@@H](Cc1ccccc1)c1nc2ccccc2[nH]1)c1cc(Cl)c[nH]1. The average molecular weight is 365 g/mol. The molecule has 4 aromatic rings. The quantitative estimate of drug-likeness (QED) is 0.495. The molecule has 4 rings (SSSR count). The molecule has 0 saturated heterocycles. The number of benzene rings is 2. The number of amides is 1. The topological polar surface area (TPSA) is 73.6 Å². The number of nitrogens with one attached hydrogen (secondary N) is 3. The zero-order chi connectivity index (χ0) is 17.9. The summed E-state index contributed by atoms with van der Waals surface area (Å²) in [6.45, 7) is 0. The van der Waals surface area contributed by atoms with Crippen molar-refractivity contribution in [2.75, 3.05) is 0 Å². The summed E-state index contributed by atoms with van der Waals surface area (Å²) in [5.74, 6) is 0.499. The number of H-pyrrole nitrogens is 2. The molecule has 130 valence electrons. The van der Waals surface area contributed by atoms with Gasteiger partial charge < -0.3 is 15.3 Å². The van der Waals surface area contributed by atoms with Gasteiger partial charge in [-0.15, -0.1) is 0 Å². The maximum absolute atomic E-state index is 12.6. The van der Waals surface area contributed by atoms with Crippen LogP contribution in [-0.4, -0.2) is 20.9 Å². The van der Waals surface area contributed by atoms with Crippen molar-refractivity contribution in [2.45, 2.75) is 12.5 Å². The summed E-state index contributed by atoms with van der Waals surface area (Å²) < 4.78 is 0. The molecule has 0 spiro atoms. The Labute approximate surface area is 155 Å². The van der Waals surface area contributed by atoms with E-state index in [1.54, 1.807) is 12.3 Å². The zero-order valence-electron chi connectivity index (χ0n) is 13.9. The highest BCUT2D eigenvalue weighted by molar-refractivity contribution is 6.30. The number of halogens is 1. The molecule has 2 aromatic carbocycles. The van der Waals surface area contributed by atoms with Gasteiger partial charge in [-0.25, -0.2) is 4.98 Å². The smallest absolute Gasteiger partial charge is 0.268 e. The van der Waals surface area contributed by atoms with E-state index in [9.17, 15) is 4.79 Å².